The molecule has 0 aromatic rings. The van der Waals surface area contributed by atoms with E-state index in [-0.39, 0.29) is 10.9 Å². The molecule has 0 bridgehead atoms. The molecule has 0 fully saturated rings. The van der Waals surface area contributed by atoms with Gasteiger partial charge in [0.2, 0.25) is 5.12 Å². The first-order valence-electron chi connectivity index (χ1n) is 2.90. The summed E-state index contributed by atoms with van der Waals surface area (Å²) in [5, 5.41) is -0.0127. The number of hydrogen-bond acceptors (Lipinski definition) is 3. The third-order valence-electron chi connectivity index (χ3n) is 0.860. The number of thioether (sulfide) groups is 1. The molecule has 10 heavy (non-hydrogen) atoms. The van der Waals surface area contributed by atoms with E-state index < -0.39 is 0 Å². The third kappa shape index (κ3) is 5.56. The van der Waals surface area contributed by atoms with Crippen LogP contribution in [-0.2, 0) is 9.59 Å². The molecule has 0 amide bonds. The molecule has 0 atom stereocenters. The summed E-state index contributed by atoms with van der Waals surface area (Å²) < 4.78 is 0. The van der Waals surface area contributed by atoms with E-state index in [0.717, 1.165) is 11.8 Å². The van der Waals surface area contributed by atoms with E-state index in [1.54, 1.807) is 12.3 Å². The van der Waals surface area contributed by atoms with Crippen molar-refractivity contribution in [3.8, 4) is 0 Å². The maximum Gasteiger partial charge on any atom is 0.211 e. The van der Waals surface area contributed by atoms with Crippen LogP contribution in [-0.4, -0.2) is 17.2 Å². The van der Waals surface area contributed by atoms with Crippen molar-refractivity contribution in [2.75, 3.05) is 6.26 Å². The summed E-state index contributed by atoms with van der Waals surface area (Å²) in [5.74, 6) is 0.0742. The van der Waals surface area contributed by atoms with Crippen LogP contribution in [0.3, 0.4) is 0 Å². The zero-order valence-corrected chi connectivity index (χ0v) is 6.90. The first-order valence-corrected chi connectivity index (χ1v) is 4.13. The second kappa shape index (κ2) is 5.23. The molecule has 2 nitrogen and oxygen atoms in total. The topological polar surface area (TPSA) is 34.1 Å². The zero-order chi connectivity index (χ0) is 7.98. The molecule has 0 saturated carbocycles. The summed E-state index contributed by atoms with van der Waals surface area (Å²) in [6.45, 7) is 1.49. The Kier molecular flexibility index (Phi) is 4.94. The summed E-state index contributed by atoms with van der Waals surface area (Å²) in [6, 6.07) is 0. The molecule has 0 aliphatic carbocycles. The van der Waals surface area contributed by atoms with Gasteiger partial charge in [0.15, 0.2) is 0 Å². The molecule has 0 heterocycles. The maximum absolute atomic E-state index is 10.6. The van der Waals surface area contributed by atoms with Gasteiger partial charge in [-0.3, -0.25) is 9.59 Å². The van der Waals surface area contributed by atoms with E-state index in [1.807, 2.05) is 0 Å². The molecule has 0 aromatic heterocycles. The van der Waals surface area contributed by atoms with Gasteiger partial charge in [0.25, 0.3) is 0 Å². The van der Waals surface area contributed by atoms with E-state index >= 15 is 0 Å². The lowest BCUT2D eigenvalue weighted by molar-refractivity contribution is -0.116. The highest BCUT2D eigenvalue weighted by Gasteiger charge is 1.90. The second-order valence-corrected chi connectivity index (χ2v) is 2.64. The van der Waals surface area contributed by atoms with Crippen molar-refractivity contribution < 1.29 is 9.59 Å². The van der Waals surface area contributed by atoms with Crippen LogP contribution in [0.1, 0.15) is 13.3 Å². The standard InChI is InChI=1S/C7H10O2S/c1-6(8)4-3-5-7(9)10-2/h3,5H,4H2,1-2H3. The fraction of sp³-hybridized carbons (Fsp3) is 0.429. The predicted octanol–water partition coefficient (Wildman–Crippen LogP) is 1.41. The van der Waals surface area contributed by atoms with Gasteiger partial charge in [-0.25, -0.2) is 0 Å². The number of hydrogen-bond donors (Lipinski definition) is 0. The molecule has 0 aliphatic heterocycles. The van der Waals surface area contributed by atoms with E-state index in [4.69, 9.17) is 0 Å². The Morgan fingerprint density at radius 3 is 2.50 bits per heavy atom. The Labute approximate surface area is 64.7 Å². The molecule has 0 unspecified atom stereocenters. The number of ketones is 1. The lowest BCUT2D eigenvalue weighted by Gasteiger charge is -1.83. The monoisotopic (exact) mass is 158 g/mol. The fourth-order valence-electron chi connectivity index (χ4n) is 0.389. The highest BCUT2D eigenvalue weighted by atomic mass is 32.2. The predicted molar refractivity (Wildman–Crippen MR) is 43.0 cm³/mol. The van der Waals surface area contributed by atoms with Crippen LogP contribution < -0.4 is 0 Å². The summed E-state index contributed by atoms with van der Waals surface area (Å²) in [7, 11) is 0. The normalized spacial score (nSPS) is 10.2. The average molecular weight is 158 g/mol. The minimum absolute atomic E-state index is 0.0127. The molecule has 0 aromatic carbocycles. The Hall–Kier alpha value is -0.570. The van der Waals surface area contributed by atoms with Gasteiger partial charge in [-0.2, -0.15) is 0 Å². The molecule has 0 spiro atoms. The maximum atomic E-state index is 10.6. The van der Waals surface area contributed by atoms with Crippen molar-refractivity contribution in [2.24, 2.45) is 0 Å². The molecule has 0 N–H and O–H groups in total. The zero-order valence-electron chi connectivity index (χ0n) is 6.09. The van der Waals surface area contributed by atoms with E-state index in [1.165, 1.54) is 13.0 Å². The molecule has 0 radical (unpaired) electrons. The molecular weight excluding hydrogens is 148 g/mol. The molecule has 56 valence electrons. The number of rotatable bonds is 3. The third-order valence-corrected chi connectivity index (χ3v) is 1.40. The van der Waals surface area contributed by atoms with Crippen LogP contribution in [0.2, 0.25) is 0 Å². The van der Waals surface area contributed by atoms with E-state index in [9.17, 15) is 9.59 Å². The van der Waals surface area contributed by atoms with Gasteiger partial charge in [0.1, 0.15) is 5.78 Å². The number of Topliss-reactive ketones (excluding diaryl/α,β-unsaturated/α-hetero) is 1. The summed E-state index contributed by atoms with van der Waals surface area (Å²) in [4.78, 5) is 20.9. The largest absolute Gasteiger partial charge is 0.300 e. The molecule has 0 rings (SSSR count). The fourth-order valence-corrected chi connectivity index (χ4v) is 0.621. The minimum atomic E-state index is -0.0127. The Balaban J connectivity index is 3.56. The van der Waals surface area contributed by atoms with Crippen LogP contribution in [0.5, 0.6) is 0 Å². The van der Waals surface area contributed by atoms with Gasteiger partial charge in [-0.1, -0.05) is 17.8 Å². The lowest BCUT2D eigenvalue weighted by Crippen LogP contribution is -1.86. The smallest absolute Gasteiger partial charge is 0.211 e. The summed E-state index contributed by atoms with van der Waals surface area (Å²) in [5.41, 5.74) is 0. The van der Waals surface area contributed by atoms with E-state index in [2.05, 4.69) is 0 Å². The van der Waals surface area contributed by atoms with Gasteiger partial charge in [0.05, 0.1) is 0 Å². The number of carbonyl (C=O) groups is 2. The van der Waals surface area contributed by atoms with Gasteiger partial charge < -0.3 is 0 Å². The molecular formula is C7H10O2S. The van der Waals surface area contributed by atoms with Crippen LogP contribution in [0.15, 0.2) is 12.2 Å². The number of carbonyl (C=O) groups excluding carboxylic acids is 2. The van der Waals surface area contributed by atoms with Crippen molar-refractivity contribution in [3.63, 3.8) is 0 Å². The Bertz CT molecular complexity index is 161. The lowest BCUT2D eigenvalue weighted by atomic mass is 10.3. The summed E-state index contributed by atoms with van der Waals surface area (Å²) >= 11 is 1.14. The Morgan fingerprint density at radius 1 is 1.50 bits per heavy atom. The van der Waals surface area contributed by atoms with Gasteiger partial charge in [-0.15, -0.1) is 0 Å². The van der Waals surface area contributed by atoms with Crippen LogP contribution in [0.25, 0.3) is 0 Å². The second-order valence-electron chi connectivity index (χ2n) is 1.83. The van der Waals surface area contributed by atoms with Gasteiger partial charge in [-0.05, 0) is 19.3 Å². The van der Waals surface area contributed by atoms with Crippen molar-refractivity contribution in [1.29, 1.82) is 0 Å². The molecule has 0 saturated heterocycles. The SMILES string of the molecule is CSC(=O)C=CCC(C)=O. The Morgan fingerprint density at radius 2 is 2.10 bits per heavy atom. The highest BCUT2D eigenvalue weighted by molar-refractivity contribution is 8.13. The van der Waals surface area contributed by atoms with Gasteiger partial charge in [0, 0.05) is 6.42 Å². The first-order chi connectivity index (χ1) is 4.66. The summed E-state index contributed by atoms with van der Waals surface area (Å²) in [6.07, 6.45) is 5.07. The van der Waals surface area contributed by atoms with Crippen molar-refractivity contribution in [3.05, 3.63) is 12.2 Å². The van der Waals surface area contributed by atoms with Crippen LogP contribution in [0, 0.1) is 0 Å². The molecule has 3 heteroatoms. The quantitative estimate of drug-likeness (QED) is 0.582. The first kappa shape index (κ1) is 9.43. The van der Waals surface area contributed by atoms with E-state index in [0.29, 0.717) is 6.42 Å². The number of allylic oxidation sites excluding steroid dienone is 1. The van der Waals surface area contributed by atoms with Gasteiger partial charge >= 0.3 is 0 Å². The van der Waals surface area contributed by atoms with Crippen molar-refractivity contribution in [1.82, 2.24) is 0 Å². The molecule has 0 aliphatic rings. The van der Waals surface area contributed by atoms with Crippen molar-refractivity contribution in [2.45, 2.75) is 13.3 Å². The van der Waals surface area contributed by atoms with Crippen molar-refractivity contribution >= 4 is 22.7 Å². The van der Waals surface area contributed by atoms with Crippen LogP contribution >= 0.6 is 11.8 Å². The minimum Gasteiger partial charge on any atom is -0.300 e. The van der Waals surface area contributed by atoms with Crippen LogP contribution in [0.4, 0.5) is 0 Å². The average Bonchev–Trinajstić information content (AvgIpc) is 1.87. The highest BCUT2D eigenvalue weighted by Crippen LogP contribution is 1.96.